The van der Waals surface area contributed by atoms with E-state index in [2.05, 4.69) is 24.1 Å². The van der Waals surface area contributed by atoms with Gasteiger partial charge in [-0.05, 0) is 63.4 Å². The summed E-state index contributed by atoms with van der Waals surface area (Å²) >= 11 is 1.73. The van der Waals surface area contributed by atoms with E-state index >= 15 is 0 Å². The summed E-state index contributed by atoms with van der Waals surface area (Å²) in [5.41, 5.74) is 3.29. The molecule has 0 aliphatic rings. The minimum atomic E-state index is -0.165. The maximum atomic E-state index is 13.5. The lowest BCUT2D eigenvalue weighted by Crippen LogP contribution is -2.24. The van der Waals surface area contributed by atoms with Crippen LogP contribution in [-0.4, -0.2) is 11.5 Å². The molecule has 1 N–H and O–H groups in total. The molecule has 0 aliphatic heterocycles. The van der Waals surface area contributed by atoms with Crippen molar-refractivity contribution in [3.05, 3.63) is 50.7 Å². The largest absolute Gasteiger partial charge is 0.309 e. The molecule has 0 amide bonds. The molecule has 0 saturated carbocycles. The highest BCUT2D eigenvalue weighted by molar-refractivity contribution is 7.11. The molecule has 1 atom stereocenters. The smallest absolute Gasteiger partial charge is 0.123 e. The zero-order chi connectivity index (χ0) is 15.4. The molecule has 114 valence electrons. The zero-order valence-corrected chi connectivity index (χ0v) is 14.0. The highest BCUT2D eigenvalue weighted by Crippen LogP contribution is 2.28. The molecule has 1 aromatic carbocycles. The van der Waals surface area contributed by atoms with Gasteiger partial charge in [0.2, 0.25) is 0 Å². The Morgan fingerprint density at radius 1 is 1.29 bits per heavy atom. The standard InChI is InChI=1S/C17H23FN2S/c1-5-8-19-16(17-12(3)20-13(4)21-17)10-14-9-15(18)7-6-11(14)2/h6-7,9,16,19H,5,8,10H2,1-4H3. The summed E-state index contributed by atoms with van der Waals surface area (Å²) < 4.78 is 13.5. The molecule has 0 fully saturated rings. The minimum Gasteiger partial charge on any atom is -0.309 e. The fraction of sp³-hybridized carbons (Fsp3) is 0.471. The minimum absolute atomic E-state index is 0.165. The van der Waals surface area contributed by atoms with Gasteiger partial charge in [-0.15, -0.1) is 11.3 Å². The molecule has 1 heterocycles. The highest BCUT2D eigenvalue weighted by atomic mass is 32.1. The van der Waals surface area contributed by atoms with Gasteiger partial charge in [0.25, 0.3) is 0 Å². The second-order valence-electron chi connectivity index (χ2n) is 5.46. The Kier molecular flexibility index (Phi) is 5.48. The Morgan fingerprint density at radius 2 is 2.05 bits per heavy atom. The fourth-order valence-electron chi connectivity index (χ4n) is 2.53. The average Bonchev–Trinajstić information content (AvgIpc) is 2.77. The third kappa shape index (κ3) is 4.11. The number of aromatic nitrogens is 1. The van der Waals surface area contributed by atoms with Crippen LogP contribution in [0.2, 0.25) is 0 Å². The van der Waals surface area contributed by atoms with Crippen LogP contribution < -0.4 is 5.32 Å². The van der Waals surface area contributed by atoms with Crippen molar-refractivity contribution in [2.45, 2.75) is 46.6 Å². The predicted molar refractivity (Wildman–Crippen MR) is 87.5 cm³/mol. The van der Waals surface area contributed by atoms with Gasteiger partial charge in [-0.3, -0.25) is 0 Å². The molecular weight excluding hydrogens is 283 g/mol. The Balaban J connectivity index is 2.28. The second kappa shape index (κ2) is 7.14. The zero-order valence-electron chi connectivity index (χ0n) is 13.2. The molecule has 2 rings (SSSR count). The first-order chi connectivity index (χ1) is 10.0. The maximum Gasteiger partial charge on any atom is 0.123 e. The number of benzene rings is 1. The number of nitrogens with zero attached hydrogens (tertiary/aromatic N) is 1. The first-order valence-electron chi connectivity index (χ1n) is 7.43. The monoisotopic (exact) mass is 306 g/mol. The van der Waals surface area contributed by atoms with Crippen LogP contribution in [-0.2, 0) is 6.42 Å². The second-order valence-corrected chi connectivity index (χ2v) is 6.70. The summed E-state index contributed by atoms with van der Waals surface area (Å²) in [5.74, 6) is -0.165. The lowest BCUT2D eigenvalue weighted by Gasteiger charge is -2.19. The quantitative estimate of drug-likeness (QED) is 0.850. The first-order valence-corrected chi connectivity index (χ1v) is 8.25. The molecule has 1 aromatic heterocycles. The first kappa shape index (κ1) is 16.1. The predicted octanol–water partition coefficient (Wildman–Crippen LogP) is 4.49. The van der Waals surface area contributed by atoms with Gasteiger partial charge in [-0.1, -0.05) is 13.0 Å². The van der Waals surface area contributed by atoms with Crippen molar-refractivity contribution in [3.63, 3.8) is 0 Å². The van der Waals surface area contributed by atoms with E-state index in [1.165, 1.54) is 10.9 Å². The van der Waals surface area contributed by atoms with E-state index in [1.807, 2.05) is 19.9 Å². The Bertz CT molecular complexity index is 607. The lowest BCUT2D eigenvalue weighted by atomic mass is 9.99. The molecule has 0 spiro atoms. The van der Waals surface area contributed by atoms with Crippen molar-refractivity contribution in [1.29, 1.82) is 0 Å². The van der Waals surface area contributed by atoms with E-state index in [1.54, 1.807) is 17.4 Å². The maximum absolute atomic E-state index is 13.5. The summed E-state index contributed by atoms with van der Waals surface area (Å²) in [6.07, 6.45) is 1.88. The summed E-state index contributed by atoms with van der Waals surface area (Å²) in [4.78, 5) is 5.79. The van der Waals surface area contributed by atoms with Crippen LogP contribution in [0.4, 0.5) is 4.39 Å². The van der Waals surface area contributed by atoms with Crippen LogP contribution >= 0.6 is 11.3 Å². The molecule has 2 nitrogen and oxygen atoms in total. The molecule has 0 bridgehead atoms. The summed E-state index contributed by atoms with van der Waals surface area (Å²) in [7, 11) is 0. The van der Waals surface area contributed by atoms with E-state index in [0.29, 0.717) is 0 Å². The van der Waals surface area contributed by atoms with Gasteiger partial charge < -0.3 is 5.32 Å². The van der Waals surface area contributed by atoms with Crippen LogP contribution in [0.25, 0.3) is 0 Å². The van der Waals surface area contributed by atoms with Crippen LogP contribution in [0, 0.1) is 26.6 Å². The van der Waals surface area contributed by atoms with Crippen LogP contribution in [0.3, 0.4) is 0 Å². The van der Waals surface area contributed by atoms with Gasteiger partial charge in [-0.2, -0.15) is 0 Å². The van der Waals surface area contributed by atoms with Crippen molar-refractivity contribution in [1.82, 2.24) is 10.3 Å². The Labute approximate surface area is 130 Å². The van der Waals surface area contributed by atoms with E-state index in [-0.39, 0.29) is 11.9 Å². The van der Waals surface area contributed by atoms with Gasteiger partial charge in [0, 0.05) is 10.9 Å². The van der Waals surface area contributed by atoms with Crippen LogP contribution in [0.1, 0.15) is 46.1 Å². The van der Waals surface area contributed by atoms with E-state index in [0.717, 1.165) is 41.2 Å². The van der Waals surface area contributed by atoms with Crippen molar-refractivity contribution < 1.29 is 4.39 Å². The normalized spacial score (nSPS) is 12.6. The summed E-state index contributed by atoms with van der Waals surface area (Å²) in [5, 5.41) is 4.67. The molecule has 4 heteroatoms. The average molecular weight is 306 g/mol. The molecule has 0 radical (unpaired) electrons. The molecule has 2 aromatic rings. The highest BCUT2D eigenvalue weighted by Gasteiger charge is 2.18. The number of hydrogen-bond donors (Lipinski definition) is 1. The van der Waals surface area contributed by atoms with Crippen molar-refractivity contribution >= 4 is 11.3 Å². The van der Waals surface area contributed by atoms with Gasteiger partial charge in [0.05, 0.1) is 10.7 Å². The topological polar surface area (TPSA) is 24.9 Å². The van der Waals surface area contributed by atoms with Crippen LogP contribution in [0.5, 0.6) is 0 Å². The third-order valence-electron chi connectivity index (χ3n) is 3.63. The van der Waals surface area contributed by atoms with Crippen molar-refractivity contribution in [3.8, 4) is 0 Å². The number of rotatable bonds is 6. The van der Waals surface area contributed by atoms with Gasteiger partial charge in [0.15, 0.2) is 0 Å². The Morgan fingerprint density at radius 3 is 2.67 bits per heavy atom. The summed E-state index contributed by atoms with van der Waals surface area (Å²) in [6, 6.07) is 5.23. The van der Waals surface area contributed by atoms with E-state index < -0.39 is 0 Å². The van der Waals surface area contributed by atoms with Crippen molar-refractivity contribution in [2.75, 3.05) is 6.54 Å². The van der Waals surface area contributed by atoms with E-state index in [9.17, 15) is 4.39 Å². The van der Waals surface area contributed by atoms with E-state index in [4.69, 9.17) is 0 Å². The SMILES string of the molecule is CCCNC(Cc1cc(F)ccc1C)c1sc(C)nc1C. The Hall–Kier alpha value is -1.26. The number of halogens is 1. The van der Waals surface area contributed by atoms with Gasteiger partial charge in [-0.25, -0.2) is 9.37 Å². The number of nitrogens with one attached hydrogen (secondary N) is 1. The number of thiazole rings is 1. The molecule has 0 saturated heterocycles. The van der Waals surface area contributed by atoms with Crippen LogP contribution in [0.15, 0.2) is 18.2 Å². The third-order valence-corrected chi connectivity index (χ3v) is 4.82. The molecule has 0 aliphatic carbocycles. The lowest BCUT2D eigenvalue weighted by molar-refractivity contribution is 0.530. The van der Waals surface area contributed by atoms with Gasteiger partial charge >= 0.3 is 0 Å². The van der Waals surface area contributed by atoms with Gasteiger partial charge in [0.1, 0.15) is 5.82 Å². The molecule has 1 unspecified atom stereocenters. The molecule has 21 heavy (non-hydrogen) atoms. The molecular formula is C17H23FN2S. The fourth-order valence-corrected chi connectivity index (χ4v) is 3.53. The van der Waals surface area contributed by atoms with Crippen molar-refractivity contribution in [2.24, 2.45) is 0 Å². The number of hydrogen-bond acceptors (Lipinski definition) is 3. The summed E-state index contributed by atoms with van der Waals surface area (Å²) in [6.45, 7) is 9.23. The number of aryl methyl sites for hydroxylation is 3.